The number of aromatic nitrogens is 3. The first kappa shape index (κ1) is 23.0. The third kappa shape index (κ3) is 5.22. The summed E-state index contributed by atoms with van der Waals surface area (Å²) >= 11 is 1.30. The maximum Gasteiger partial charge on any atom is 0.230 e. The van der Waals surface area contributed by atoms with Crippen LogP contribution in [0.4, 0.5) is 0 Å². The van der Waals surface area contributed by atoms with Crippen molar-refractivity contribution >= 4 is 17.7 Å². The second kappa shape index (κ2) is 9.33. The molecule has 4 atom stereocenters. The molecule has 2 aliphatic carbocycles. The van der Waals surface area contributed by atoms with Gasteiger partial charge in [-0.05, 0) is 67.1 Å². The largest absolute Gasteiger partial charge is 0.486 e. The molecule has 4 unspecified atom stereocenters. The predicted octanol–water partition coefficient (Wildman–Crippen LogP) is 3.90. The highest BCUT2D eigenvalue weighted by atomic mass is 32.2. The SMILES string of the molecule is CC(NC(=O)CSc1nnc(COc2ccc(C(C)(C)C)cc2)n1N)C1CC2CCC1C2. The Kier molecular flexibility index (Phi) is 6.70. The van der Waals surface area contributed by atoms with Crippen molar-refractivity contribution in [3.8, 4) is 5.75 Å². The summed E-state index contributed by atoms with van der Waals surface area (Å²) in [5.74, 6) is 10.0. The third-order valence-corrected chi connectivity index (χ3v) is 7.92. The molecule has 1 heterocycles. The van der Waals surface area contributed by atoms with Crippen LogP contribution in [0.5, 0.6) is 5.75 Å². The van der Waals surface area contributed by atoms with Gasteiger partial charge < -0.3 is 15.9 Å². The topological polar surface area (TPSA) is 95.1 Å². The minimum Gasteiger partial charge on any atom is -0.486 e. The number of hydrogen-bond donors (Lipinski definition) is 2. The lowest BCUT2D eigenvalue weighted by Gasteiger charge is -2.28. The quantitative estimate of drug-likeness (QED) is 0.461. The highest BCUT2D eigenvalue weighted by molar-refractivity contribution is 7.99. The molecule has 0 aliphatic heterocycles. The predicted molar refractivity (Wildman–Crippen MR) is 127 cm³/mol. The van der Waals surface area contributed by atoms with E-state index in [2.05, 4.69) is 55.3 Å². The zero-order valence-corrected chi connectivity index (χ0v) is 20.3. The Labute approximate surface area is 194 Å². The summed E-state index contributed by atoms with van der Waals surface area (Å²) in [6.07, 6.45) is 5.31. The van der Waals surface area contributed by atoms with Crippen molar-refractivity contribution < 1.29 is 9.53 Å². The lowest BCUT2D eigenvalue weighted by Crippen LogP contribution is -2.41. The summed E-state index contributed by atoms with van der Waals surface area (Å²) < 4.78 is 7.22. The highest BCUT2D eigenvalue weighted by Gasteiger charge is 2.42. The number of amides is 1. The van der Waals surface area contributed by atoms with Crippen LogP contribution in [-0.4, -0.2) is 32.6 Å². The van der Waals surface area contributed by atoms with Crippen LogP contribution in [0.3, 0.4) is 0 Å². The Hall–Kier alpha value is -2.22. The highest BCUT2D eigenvalue weighted by Crippen LogP contribution is 2.49. The van der Waals surface area contributed by atoms with Gasteiger partial charge in [0.05, 0.1) is 5.75 Å². The van der Waals surface area contributed by atoms with Gasteiger partial charge >= 0.3 is 0 Å². The van der Waals surface area contributed by atoms with Crippen LogP contribution in [0.15, 0.2) is 29.4 Å². The Morgan fingerprint density at radius 3 is 2.62 bits per heavy atom. The second-order valence-electron chi connectivity index (χ2n) is 10.3. The average molecular weight is 458 g/mol. The fraction of sp³-hybridized carbons (Fsp3) is 0.625. The molecule has 2 bridgehead atoms. The van der Waals surface area contributed by atoms with E-state index in [0.717, 1.165) is 17.6 Å². The van der Waals surface area contributed by atoms with E-state index in [1.165, 1.54) is 47.7 Å². The van der Waals surface area contributed by atoms with Crippen molar-refractivity contribution in [2.75, 3.05) is 11.6 Å². The Morgan fingerprint density at radius 1 is 1.25 bits per heavy atom. The molecule has 1 aromatic carbocycles. The molecule has 0 spiro atoms. The van der Waals surface area contributed by atoms with Gasteiger partial charge in [-0.25, -0.2) is 4.68 Å². The van der Waals surface area contributed by atoms with Crippen LogP contribution in [-0.2, 0) is 16.8 Å². The molecule has 2 aromatic rings. The van der Waals surface area contributed by atoms with Gasteiger partial charge in [0.15, 0.2) is 5.82 Å². The van der Waals surface area contributed by atoms with E-state index < -0.39 is 0 Å². The first-order valence-corrected chi connectivity index (χ1v) is 12.5. The Morgan fingerprint density at radius 2 is 2.00 bits per heavy atom. The van der Waals surface area contributed by atoms with Crippen molar-refractivity contribution in [3.05, 3.63) is 35.7 Å². The van der Waals surface area contributed by atoms with E-state index in [4.69, 9.17) is 10.6 Å². The summed E-state index contributed by atoms with van der Waals surface area (Å²) in [4.78, 5) is 12.5. The van der Waals surface area contributed by atoms with Gasteiger partial charge in [0.2, 0.25) is 11.1 Å². The molecule has 2 saturated carbocycles. The Bertz CT molecular complexity index is 937. The molecule has 1 aromatic heterocycles. The maximum atomic E-state index is 12.5. The van der Waals surface area contributed by atoms with Gasteiger partial charge in [0.25, 0.3) is 0 Å². The number of thioether (sulfide) groups is 1. The number of rotatable bonds is 8. The third-order valence-electron chi connectivity index (χ3n) is 6.98. The van der Waals surface area contributed by atoms with Crippen molar-refractivity contribution in [2.24, 2.45) is 17.8 Å². The van der Waals surface area contributed by atoms with Gasteiger partial charge in [-0.1, -0.05) is 51.1 Å². The number of ether oxygens (including phenoxy) is 1. The van der Waals surface area contributed by atoms with Crippen LogP contribution in [0.1, 0.15) is 64.8 Å². The summed E-state index contributed by atoms with van der Waals surface area (Å²) in [7, 11) is 0. The zero-order valence-electron chi connectivity index (χ0n) is 19.5. The van der Waals surface area contributed by atoms with Crippen LogP contribution < -0.4 is 15.9 Å². The molecule has 2 aliphatic rings. The lowest BCUT2D eigenvalue weighted by molar-refractivity contribution is -0.119. The summed E-state index contributed by atoms with van der Waals surface area (Å²) in [6.45, 7) is 8.89. The summed E-state index contributed by atoms with van der Waals surface area (Å²) in [5, 5.41) is 11.9. The number of carbonyl (C=O) groups excluding carboxylic acids is 1. The zero-order chi connectivity index (χ0) is 22.9. The summed E-state index contributed by atoms with van der Waals surface area (Å²) in [6, 6.07) is 8.27. The van der Waals surface area contributed by atoms with Gasteiger partial charge in [0.1, 0.15) is 12.4 Å². The average Bonchev–Trinajstić information content (AvgIpc) is 3.47. The number of nitrogens with zero attached hydrogens (tertiary/aromatic N) is 3. The van der Waals surface area contributed by atoms with Gasteiger partial charge in [0, 0.05) is 6.04 Å². The molecule has 2 fully saturated rings. The number of nitrogen functional groups attached to an aromatic ring is 1. The molecule has 1 amide bonds. The smallest absolute Gasteiger partial charge is 0.230 e. The maximum absolute atomic E-state index is 12.5. The number of fused-ring (bicyclic) bond motifs is 2. The summed E-state index contributed by atoms with van der Waals surface area (Å²) in [5.41, 5.74) is 1.35. The van der Waals surface area contributed by atoms with E-state index >= 15 is 0 Å². The monoisotopic (exact) mass is 457 g/mol. The first-order valence-electron chi connectivity index (χ1n) is 11.6. The van der Waals surface area contributed by atoms with Crippen molar-refractivity contribution in [3.63, 3.8) is 0 Å². The van der Waals surface area contributed by atoms with Crippen LogP contribution in [0.25, 0.3) is 0 Å². The van der Waals surface area contributed by atoms with E-state index in [1.807, 2.05) is 12.1 Å². The molecular formula is C24H35N5O2S. The van der Waals surface area contributed by atoms with Gasteiger partial charge in [-0.2, -0.15) is 0 Å². The molecule has 7 nitrogen and oxygen atoms in total. The first-order chi connectivity index (χ1) is 15.2. The van der Waals surface area contributed by atoms with E-state index in [0.29, 0.717) is 16.9 Å². The van der Waals surface area contributed by atoms with Crippen LogP contribution in [0, 0.1) is 17.8 Å². The van der Waals surface area contributed by atoms with Crippen molar-refractivity contribution in [1.82, 2.24) is 20.2 Å². The minimum absolute atomic E-state index is 0.0185. The van der Waals surface area contributed by atoms with Gasteiger partial charge in [-0.15, -0.1) is 10.2 Å². The van der Waals surface area contributed by atoms with E-state index in [1.54, 1.807) is 0 Å². The fourth-order valence-corrected chi connectivity index (χ4v) is 5.83. The molecular weight excluding hydrogens is 422 g/mol. The molecule has 0 saturated heterocycles. The van der Waals surface area contributed by atoms with Crippen molar-refractivity contribution in [2.45, 2.75) is 76.6 Å². The number of carbonyl (C=O) groups is 1. The number of nitrogens with one attached hydrogen (secondary N) is 1. The molecule has 4 rings (SSSR count). The standard InChI is InChI=1S/C24H35N5O2S/c1-15(20-12-16-5-6-17(20)11-16)26-22(30)14-32-23-28-27-21(29(23)25)13-31-19-9-7-18(8-10-19)24(2,3)4/h7-10,15-17,20H,5-6,11-14,25H2,1-4H3,(H,26,30). The van der Waals surface area contributed by atoms with E-state index in [-0.39, 0.29) is 29.7 Å². The van der Waals surface area contributed by atoms with Crippen LogP contribution >= 0.6 is 11.8 Å². The number of hydrogen-bond acceptors (Lipinski definition) is 6. The van der Waals surface area contributed by atoms with Gasteiger partial charge in [-0.3, -0.25) is 4.79 Å². The minimum atomic E-state index is 0.0185. The molecule has 174 valence electrons. The molecule has 3 N–H and O–H groups in total. The molecule has 0 radical (unpaired) electrons. The fourth-order valence-electron chi connectivity index (χ4n) is 5.14. The lowest BCUT2D eigenvalue weighted by atomic mass is 9.84. The van der Waals surface area contributed by atoms with Crippen LogP contribution in [0.2, 0.25) is 0 Å². The molecule has 8 heteroatoms. The number of nitrogens with two attached hydrogens (primary N) is 1. The van der Waals surface area contributed by atoms with Crippen molar-refractivity contribution in [1.29, 1.82) is 0 Å². The second-order valence-corrected chi connectivity index (χ2v) is 11.3. The van der Waals surface area contributed by atoms with E-state index in [9.17, 15) is 4.79 Å². The number of benzene rings is 1. The molecule has 32 heavy (non-hydrogen) atoms. The Balaban J connectivity index is 1.24. The normalized spacial score (nSPS) is 23.3.